The van der Waals surface area contributed by atoms with Gasteiger partial charge in [-0.1, -0.05) is 26.0 Å². The predicted octanol–water partition coefficient (Wildman–Crippen LogP) is 2.94. The predicted molar refractivity (Wildman–Crippen MR) is 98.3 cm³/mol. The molecule has 138 valence electrons. The summed E-state index contributed by atoms with van der Waals surface area (Å²) < 4.78 is 4.73. The van der Waals surface area contributed by atoms with Gasteiger partial charge in [0.1, 0.15) is 0 Å². The minimum Gasteiger partial charge on any atom is -0.465 e. The van der Waals surface area contributed by atoms with Crippen LogP contribution in [0.25, 0.3) is 0 Å². The summed E-state index contributed by atoms with van der Waals surface area (Å²) in [6.45, 7) is 11.0. The van der Waals surface area contributed by atoms with E-state index in [0.29, 0.717) is 17.9 Å². The van der Waals surface area contributed by atoms with Gasteiger partial charge in [-0.3, -0.25) is 9.69 Å². The lowest BCUT2D eigenvalue weighted by Gasteiger charge is -2.45. The molecule has 0 bridgehead atoms. The van der Waals surface area contributed by atoms with Gasteiger partial charge >= 0.3 is 5.97 Å². The lowest BCUT2D eigenvalue weighted by molar-refractivity contribution is -0.140. The van der Waals surface area contributed by atoms with Crippen molar-refractivity contribution in [2.45, 2.75) is 52.7 Å². The van der Waals surface area contributed by atoms with Crippen molar-refractivity contribution in [3.8, 4) is 0 Å². The minimum absolute atomic E-state index is 0.212. The zero-order valence-electron chi connectivity index (χ0n) is 16.0. The normalized spacial score (nSPS) is 21.4. The van der Waals surface area contributed by atoms with Crippen LogP contribution in [-0.2, 0) is 16.1 Å². The lowest BCUT2D eigenvalue weighted by atomic mass is 10.0. The number of carbonyl (C=O) groups is 2. The van der Waals surface area contributed by atoms with Crippen LogP contribution in [0.1, 0.15) is 50.0 Å². The van der Waals surface area contributed by atoms with Gasteiger partial charge in [0.25, 0.3) is 0 Å². The average molecular weight is 346 g/mol. The van der Waals surface area contributed by atoms with Crippen molar-refractivity contribution in [1.82, 2.24) is 9.80 Å². The third-order valence-electron chi connectivity index (χ3n) is 4.65. The molecule has 2 atom stereocenters. The van der Waals surface area contributed by atoms with Crippen molar-refractivity contribution >= 4 is 11.9 Å². The number of ether oxygens (including phenoxy) is 1. The highest BCUT2D eigenvalue weighted by molar-refractivity contribution is 5.89. The Bertz CT molecular complexity index is 585. The Morgan fingerprint density at radius 2 is 1.68 bits per heavy atom. The zero-order valence-corrected chi connectivity index (χ0v) is 16.0. The van der Waals surface area contributed by atoms with Crippen LogP contribution >= 0.6 is 0 Å². The molecule has 1 saturated heterocycles. The van der Waals surface area contributed by atoms with Crippen LogP contribution in [0.15, 0.2) is 24.3 Å². The van der Waals surface area contributed by atoms with E-state index in [0.717, 1.165) is 25.2 Å². The van der Waals surface area contributed by atoms with Crippen molar-refractivity contribution in [3.63, 3.8) is 0 Å². The second kappa shape index (κ2) is 8.48. The maximum Gasteiger partial charge on any atom is 0.337 e. The Morgan fingerprint density at radius 1 is 1.12 bits per heavy atom. The van der Waals surface area contributed by atoms with E-state index >= 15 is 0 Å². The monoisotopic (exact) mass is 346 g/mol. The van der Waals surface area contributed by atoms with E-state index in [-0.39, 0.29) is 24.0 Å². The molecule has 1 amide bonds. The fourth-order valence-electron chi connectivity index (χ4n) is 3.63. The molecule has 1 aromatic rings. The van der Waals surface area contributed by atoms with Crippen LogP contribution in [-0.4, -0.2) is 54.0 Å². The topological polar surface area (TPSA) is 49.9 Å². The summed E-state index contributed by atoms with van der Waals surface area (Å²) in [4.78, 5) is 28.4. The molecule has 25 heavy (non-hydrogen) atoms. The summed E-state index contributed by atoms with van der Waals surface area (Å²) >= 11 is 0. The molecule has 0 spiro atoms. The molecule has 0 unspecified atom stereocenters. The van der Waals surface area contributed by atoms with Crippen LogP contribution in [0.5, 0.6) is 0 Å². The third-order valence-corrected chi connectivity index (χ3v) is 4.65. The standard InChI is InChI=1S/C20H30N2O3/c1-14(2)10-19(23)22-15(3)11-21(12-16(22)4)13-17-6-8-18(9-7-17)20(24)25-5/h6-9,14-16H,10-13H2,1-5H3/t15-,16+. The Labute approximate surface area is 150 Å². The first-order chi connectivity index (χ1) is 11.8. The van der Waals surface area contributed by atoms with Gasteiger partial charge in [-0.15, -0.1) is 0 Å². The first-order valence-electron chi connectivity index (χ1n) is 9.02. The van der Waals surface area contributed by atoms with Crippen molar-refractivity contribution in [2.75, 3.05) is 20.2 Å². The number of amides is 1. The van der Waals surface area contributed by atoms with E-state index in [1.54, 1.807) is 12.1 Å². The number of rotatable bonds is 5. The van der Waals surface area contributed by atoms with Crippen molar-refractivity contribution < 1.29 is 14.3 Å². The highest BCUT2D eigenvalue weighted by Crippen LogP contribution is 2.20. The second-order valence-electron chi connectivity index (χ2n) is 7.48. The third kappa shape index (κ3) is 5.05. The minimum atomic E-state index is -0.314. The first-order valence-corrected chi connectivity index (χ1v) is 9.02. The molecule has 0 aromatic heterocycles. The summed E-state index contributed by atoms with van der Waals surface area (Å²) in [6.07, 6.45) is 0.615. The van der Waals surface area contributed by atoms with E-state index in [2.05, 4.69) is 37.5 Å². The average Bonchev–Trinajstić information content (AvgIpc) is 2.53. The fraction of sp³-hybridized carbons (Fsp3) is 0.600. The molecule has 0 N–H and O–H groups in total. The van der Waals surface area contributed by atoms with Gasteiger partial charge in [-0.05, 0) is 37.5 Å². The van der Waals surface area contributed by atoms with Crippen LogP contribution in [0.2, 0.25) is 0 Å². The van der Waals surface area contributed by atoms with Crippen molar-refractivity contribution in [1.29, 1.82) is 0 Å². The largest absolute Gasteiger partial charge is 0.465 e. The molecular weight excluding hydrogens is 316 g/mol. The number of hydrogen-bond donors (Lipinski definition) is 0. The lowest BCUT2D eigenvalue weighted by Crippen LogP contribution is -2.58. The molecule has 1 heterocycles. The summed E-state index contributed by atoms with van der Waals surface area (Å²) in [5, 5.41) is 0. The maximum atomic E-state index is 12.5. The number of carbonyl (C=O) groups excluding carboxylic acids is 2. The highest BCUT2D eigenvalue weighted by Gasteiger charge is 2.32. The summed E-state index contributed by atoms with van der Waals surface area (Å²) in [5.41, 5.74) is 1.73. The molecule has 2 rings (SSSR count). The van der Waals surface area contributed by atoms with Crippen LogP contribution < -0.4 is 0 Å². The van der Waals surface area contributed by atoms with Gasteiger partial charge in [-0.25, -0.2) is 4.79 Å². The van der Waals surface area contributed by atoms with Gasteiger partial charge in [-0.2, -0.15) is 0 Å². The van der Waals surface area contributed by atoms with Gasteiger partial charge in [0, 0.05) is 38.1 Å². The summed E-state index contributed by atoms with van der Waals surface area (Å²) in [7, 11) is 1.39. The van der Waals surface area contributed by atoms with Gasteiger partial charge in [0.15, 0.2) is 0 Å². The van der Waals surface area contributed by atoms with Crippen molar-refractivity contribution in [3.05, 3.63) is 35.4 Å². The van der Waals surface area contributed by atoms with E-state index in [1.807, 2.05) is 12.1 Å². The second-order valence-corrected chi connectivity index (χ2v) is 7.48. The molecule has 0 saturated carbocycles. The van der Waals surface area contributed by atoms with Gasteiger partial charge < -0.3 is 9.64 Å². The molecular formula is C20H30N2O3. The molecule has 1 aromatic carbocycles. The SMILES string of the molecule is COC(=O)c1ccc(CN2C[C@@H](C)N(C(=O)CC(C)C)[C@@H](C)C2)cc1. The molecule has 5 nitrogen and oxygen atoms in total. The van der Waals surface area contributed by atoms with Crippen LogP contribution in [0, 0.1) is 5.92 Å². The van der Waals surface area contributed by atoms with E-state index in [1.165, 1.54) is 7.11 Å². The van der Waals surface area contributed by atoms with Crippen LogP contribution in [0.4, 0.5) is 0 Å². The Balaban J connectivity index is 1.97. The van der Waals surface area contributed by atoms with Crippen LogP contribution in [0.3, 0.4) is 0 Å². The molecule has 1 aliphatic heterocycles. The summed E-state index contributed by atoms with van der Waals surface area (Å²) in [5.74, 6) is 0.335. The summed E-state index contributed by atoms with van der Waals surface area (Å²) in [6, 6.07) is 7.97. The quantitative estimate of drug-likeness (QED) is 0.769. The highest BCUT2D eigenvalue weighted by atomic mass is 16.5. The van der Waals surface area contributed by atoms with E-state index in [4.69, 9.17) is 4.74 Å². The molecule has 0 aliphatic carbocycles. The smallest absolute Gasteiger partial charge is 0.337 e. The number of piperazine rings is 1. The fourth-order valence-corrected chi connectivity index (χ4v) is 3.63. The number of hydrogen-bond acceptors (Lipinski definition) is 4. The number of nitrogens with zero attached hydrogens (tertiary/aromatic N) is 2. The number of methoxy groups -OCH3 is 1. The first kappa shape index (κ1) is 19.4. The molecule has 0 radical (unpaired) electrons. The van der Waals surface area contributed by atoms with E-state index < -0.39 is 0 Å². The van der Waals surface area contributed by atoms with Crippen molar-refractivity contribution in [2.24, 2.45) is 5.92 Å². The maximum absolute atomic E-state index is 12.5. The Morgan fingerprint density at radius 3 is 2.16 bits per heavy atom. The Hall–Kier alpha value is -1.88. The molecule has 1 aliphatic rings. The van der Waals surface area contributed by atoms with Gasteiger partial charge in [0.05, 0.1) is 12.7 Å². The van der Waals surface area contributed by atoms with E-state index in [9.17, 15) is 9.59 Å². The zero-order chi connectivity index (χ0) is 18.6. The number of benzene rings is 1. The Kier molecular flexibility index (Phi) is 6.59. The van der Waals surface area contributed by atoms with Gasteiger partial charge in [0.2, 0.25) is 5.91 Å². The molecule has 5 heteroatoms. The molecule has 1 fully saturated rings. The number of esters is 1.